The zero-order valence-electron chi connectivity index (χ0n) is 12.8. The van der Waals surface area contributed by atoms with Crippen LogP contribution in [0.1, 0.15) is 6.23 Å². The summed E-state index contributed by atoms with van der Waals surface area (Å²) in [6.07, 6.45) is -4.78. The zero-order chi connectivity index (χ0) is 19.0. The molecule has 6 N–H and O–H groups in total. The predicted molar refractivity (Wildman–Crippen MR) is 81.4 cm³/mol. The van der Waals surface area contributed by atoms with Crippen molar-refractivity contribution in [2.24, 2.45) is 0 Å². The maximum atomic E-state index is 11.8. The maximum Gasteiger partial charge on any atom is 0.438 e. The molecule has 0 radical (unpaired) electrons. The minimum absolute atomic E-state index is 0.0614. The van der Waals surface area contributed by atoms with E-state index < -0.39 is 51.4 Å². The lowest BCUT2D eigenvalue weighted by molar-refractivity contribution is -0.0521. The number of aliphatic hydroxyl groups is 2. The second-order valence-electron chi connectivity index (χ2n) is 5.05. The van der Waals surface area contributed by atoms with Gasteiger partial charge in [-0.3, -0.25) is 9.09 Å². The Hall–Kier alpha value is -1.14. The Morgan fingerprint density at radius 1 is 1.32 bits per heavy atom. The number of aliphatic hydroxyl groups excluding tert-OH is 2. The largest absolute Gasteiger partial charge is 0.438 e. The molecule has 6 atom stereocenters. The number of aromatic nitrogens is 2. The number of nitrogen functional groups attached to an aromatic ring is 1. The van der Waals surface area contributed by atoms with E-state index in [4.69, 9.17) is 10.5 Å². The summed E-state index contributed by atoms with van der Waals surface area (Å²) in [5, 5.41) is 19.9. The highest BCUT2D eigenvalue weighted by molar-refractivity contribution is 8.26. The van der Waals surface area contributed by atoms with Gasteiger partial charge in [0.1, 0.15) is 24.1 Å². The van der Waals surface area contributed by atoms with Crippen molar-refractivity contribution in [1.82, 2.24) is 9.55 Å². The van der Waals surface area contributed by atoms with E-state index in [1.165, 1.54) is 12.3 Å². The van der Waals surface area contributed by atoms with Gasteiger partial charge in [-0.1, -0.05) is 0 Å². The molecule has 0 amide bonds. The van der Waals surface area contributed by atoms with Gasteiger partial charge >= 0.3 is 20.3 Å². The van der Waals surface area contributed by atoms with Crippen molar-refractivity contribution in [1.29, 1.82) is 0 Å². The molecule has 0 aromatic carbocycles. The molecule has 2 rings (SSSR count). The van der Waals surface area contributed by atoms with Crippen LogP contribution in [-0.4, -0.2) is 61.6 Å². The summed E-state index contributed by atoms with van der Waals surface area (Å²) in [7, 11) is -9.28. The topological polar surface area (TPSA) is 204 Å². The summed E-state index contributed by atoms with van der Waals surface area (Å²) >= 11 is 0. The van der Waals surface area contributed by atoms with Gasteiger partial charge in [-0.25, -0.2) is 13.9 Å². The zero-order valence-corrected chi connectivity index (χ0v) is 14.6. The highest BCUT2D eigenvalue weighted by Crippen LogP contribution is 2.77. The van der Waals surface area contributed by atoms with Crippen LogP contribution in [0.4, 0.5) is 5.82 Å². The monoisotopic (exact) mass is 401 g/mol. The van der Waals surface area contributed by atoms with E-state index in [0.29, 0.717) is 0 Å². The minimum atomic E-state index is -5.08. The Kier molecular flexibility index (Phi) is 5.84. The molecule has 0 spiro atoms. The van der Waals surface area contributed by atoms with Crippen molar-refractivity contribution in [3.8, 4) is 0 Å². The number of nitrogens with two attached hydrogens (primary N) is 1. The van der Waals surface area contributed by atoms with E-state index in [1.807, 2.05) is 0 Å². The molecule has 15 heteroatoms. The molecule has 2 unspecified atom stereocenters. The fraction of sp³-hybridized carbons (Fsp3) is 0.600. The van der Waals surface area contributed by atoms with Crippen molar-refractivity contribution in [3.05, 3.63) is 22.7 Å². The molecule has 1 aromatic rings. The third-order valence-corrected chi connectivity index (χ3v) is 7.78. The number of ether oxygens (including phenoxy) is 1. The van der Waals surface area contributed by atoms with Gasteiger partial charge in [-0.2, -0.15) is 4.98 Å². The number of rotatable bonds is 6. The van der Waals surface area contributed by atoms with Crippen LogP contribution in [0.15, 0.2) is 17.1 Å². The second-order valence-corrected chi connectivity index (χ2v) is 10.7. The van der Waals surface area contributed by atoms with Crippen LogP contribution in [0, 0.1) is 0 Å². The number of nitrogens with zero attached hydrogens (tertiary/aromatic N) is 2. The lowest BCUT2D eigenvalue weighted by Crippen LogP contribution is -2.36. The lowest BCUT2D eigenvalue weighted by atomic mass is 10.1. The second kappa shape index (κ2) is 7.23. The molecule has 1 fully saturated rings. The van der Waals surface area contributed by atoms with Crippen LogP contribution in [-0.2, 0) is 22.9 Å². The predicted octanol–water partition coefficient (Wildman–Crippen LogP) is -1.61. The first kappa shape index (κ1) is 20.2. The average molecular weight is 401 g/mol. The summed E-state index contributed by atoms with van der Waals surface area (Å²) in [6, 6.07) is 1.26. The van der Waals surface area contributed by atoms with E-state index in [2.05, 4.69) is 14.0 Å². The minimum Gasteiger partial charge on any atom is -0.387 e. The fourth-order valence-electron chi connectivity index (χ4n) is 2.06. The van der Waals surface area contributed by atoms with Crippen LogP contribution in [0.2, 0.25) is 0 Å². The summed E-state index contributed by atoms with van der Waals surface area (Å²) in [5.41, 5.74) is 4.49. The van der Waals surface area contributed by atoms with E-state index in [-0.39, 0.29) is 5.82 Å². The van der Waals surface area contributed by atoms with Gasteiger partial charge in [0.25, 0.3) is 0 Å². The van der Waals surface area contributed by atoms with Gasteiger partial charge in [-0.05, 0) is 6.07 Å². The number of hydrogen-bond acceptors (Lipinski definition) is 10. The van der Waals surface area contributed by atoms with Crippen molar-refractivity contribution in [2.75, 3.05) is 19.5 Å². The fourth-order valence-corrected chi connectivity index (χ4v) is 4.01. The Labute approximate surface area is 140 Å². The lowest BCUT2D eigenvalue weighted by Gasteiger charge is -2.19. The van der Waals surface area contributed by atoms with Crippen molar-refractivity contribution in [2.45, 2.75) is 24.5 Å². The Bertz CT molecular complexity index is 784. The van der Waals surface area contributed by atoms with Crippen LogP contribution in [0.3, 0.4) is 0 Å². The van der Waals surface area contributed by atoms with Crippen molar-refractivity contribution < 1.29 is 42.9 Å². The highest BCUT2D eigenvalue weighted by atomic mass is 32.1. The van der Waals surface area contributed by atoms with E-state index >= 15 is 0 Å². The molecule has 1 saturated heterocycles. The normalized spacial score (nSPS) is 31.4. The van der Waals surface area contributed by atoms with Crippen LogP contribution in [0.5, 0.6) is 0 Å². The number of anilines is 1. The summed E-state index contributed by atoms with van der Waals surface area (Å²) in [4.78, 5) is 33.9. The Morgan fingerprint density at radius 3 is 2.52 bits per heavy atom. The molecule has 13 nitrogen and oxygen atoms in total. The van der Waals surface area contributed by atoms with Gasteiger partial charge in [0.05, 0.1) is 6.61 Å². The Balaban J connectivity index is 2.14. The molecule has 25 heavy (non-hydrogen) atoms. The third kappa shape index (κ3) is 4.00. The Morgan fingerprint density at radius 2 is 1.96 bits per heavy atom. The number of hydrogen-bond donors (Lipinski definition) is 5. The first-order chi connectivity index (χ1) is 11.5. The molecular weight excluding hydrogens is 384 g/mol. The smallest absolute Gasteiger partial charge is 0.387 e. The van der Waals surface area contributed by atoms with E-state index in [9.17, 15) is 33.9 Å². The van der Waals surface area contributed by atoms with Crippen LogP contribution < -0.4 is 11.4 Å². The first-order valence-corrected chi connectivity index (χ1v) is 10.6. The summed E-state index contributed by atoms with van der Waals surface area (Å²) < 4.78 is 37.7. The van der Waals surface area contributed by atoms with Gasteiger partial charge in [0, 0.05) is 13.3 Å². The summed E-state index contributed by atoms with van der Waals surface area (Å²) in [6.45, 7) is -0.826. The average Bonchev–Trinajstić information content (AvgIpc) is 2.81. The molecule has 2 heterocycles. The van der Waals surface area contributed by atoms with Gasteiger partial charge in [-0.15, -0.1) is 0 Å². The highest BCUT2D eigenvalue weighted by Gasteiger charge is 2.48. The van der Waals surface area contributed by atoms with Gasteiger partial charge < -0.3 is 35.0 Å². The molecule has 0 bridgehead atoms. The quantitative estimate of drug-likeness (QED) is 0.342. The molecule has 142 valence electrons. The van der Waals surface area contributed by atoms with Crippen LogP contribution in [0.25, 0.3) is 0 Å². The van der Waals surface area contributed by atoms with Crippen molar-refractivity contribution >= 4 is 20.4 Å². The van der Waals surface area contributed by atoms with E-state index in [0.717, 1.165) is 11.7 Å². The molecule has 1 aliphatic rings. The standard InChI is InChI=1S/C10H17N3O10P2/c1-21-24(17,18)25(19,20)22-4-5-7(14)8(15)9(23-5)13-3-2-6(11)12-10(13)16/h2-3,5,7-9,14-15H,4H2,1H3,(H,17,18)(H,19,20)(H2,11,12,16)/t5-,7-,8-,9-/m1/s1. The van der Waals surface area contributed by atoms with E-state index in [1.54, 1.807) is 0 Å². The first-order valence-electron chi connectivity index (χ1n) is 6.73. The molecule has 0 saturated carbocycles. The summed E-state index contributed by atoms with van der Waals surface area (Å²) in [5.74, 6) is -0.0614. The SMILES string of the molecule is COP(=O)(O)P(=O)(O)OC[C@H]1O[C@@H](n2ccc(N)nc2=O)[C@H](O)[C@@H]1O. The molecule has 1 aromatic heterocycles. The molecular formula is C10H17N3O10P2. The van der Waals surface area contributed by atoms with Crippen LogP contribution >= 0.6 is 14.6 Å². The van der Waals surface area contributed by atoms with Gasteiger partial charge in [0.15, 0.2) is 6.23 Å². The molecule has 0 aliphatic carbocycles. The molecule has 1 aliphatic heterocycles. The maximum absolute atomic E-state index is 11.8. The third-order valence-electron chi connectivity index (χ3n) is 3.43. The van der Waals surface area contributed by atoms with Crippen molar-refractivity contribution in [3.63, 3.8) is 0 Å². The van der Waals surface area contributed by atoms with Gasteiger partial charge in [0.2, 0.25) is 0 Å².